The quantitative estimate of drug-likeness (QED) is 0.812. The molecule has 0 unspecified atom stereocenters. The predicted molar refractivity (Wildman–Crippen MR) is 73.1 cm³/mol. The van der Waals surface area contributed by atoms with Crippen molar-refractivity contribution in [3.63, 3.8) is 0 Å². The third-order valence-electron chi connectivity index (χ3n) is 2.29. The average Bonchev–Trinajstić information content (AvgIpc) is 2.37. The molecule has 0 atom stereocenters. The van der Waals surface area contributed by atoms with Crippen LogP contribution in [0.15, 0.2) is 47.5 Å². The number of ether oxygens (including phenoxy) is 1. The normalized spacial score (nSPS) is 11.3. The van der Waals surface area contributed by atoms with Crippen molar-refractivity contribution < 1.29 is 13.2 Å². The zero-order valence-electron chi connectivity index (χ0n) is 9.58. The Kier molecular flexibility index (Phi) is 4.29. The maximum atomic E-state index is 11.0. The molecule has 100 valence electrons. The number of benzene rings is 1. The van der Waals surface area contributed by atoms with Crippen LogP contribution in [-0.2, 0) is 15.7 Å². The van der Waals surface area contributed by atoms with E-state index in [1.807, 2.05) is 12.1 Å². The van der Waals surface area contributed by atoms with Crippen LogP contribution in [0.2, 0.25) is 5.02 Å². The van der Waals surface area contributed by atoms with Crippen molar-refractivity contribution >= 4 is 31.3 Å². The summed E-state index contributed by atoms with van der Waals surface area (Å²) in [6.07, 6.45) is 1.15. The Morgan fingerprint density at radius 2 is 1.79 bits per heavy atom. The van der Waals surface area contributed by atoms with E-state index in [1.165, 1.54) is 12.1 Å². The number of aromatic nitrogens is 1. The average molecular weight is 318 g/mol. The maximum absolute atomic E-state index is 11.0. The summed E-state index contributed by atoms with van der Waals surface area (Å²) in [7, 11) is 1.43. The topological polar surface area (TPSA) is 56.3 Å². The first-order valence-electron chi connectivity index (χ1n) is 5.23. The first-order chi connectivity index (χ1) is 8.95. The Hall–Kier alpha value is -1.30. The van der Waals surface area contributed by atoms with Gasteiger partial charge in [-0.15, -0.1) is 0 Å². The summed E-state index contributed by atoms with van der Waals surface area (Å²) in [5.74, 6) is 0.319. The van der Waals surface area contributed by atoms with Crippen molar-refractivity contribution in [1.82, 2.24) is 4.98 Å². The molecule has 0 spiro atoms. The molecule has 0 saturated carbocycles. The molecule has 7 heteroatoms. The van der Waals surface area contributed by atoms with Gasteiger partial charge in [-0.2, -0.15) is 0 Å². The third kappa shape index (κ3) is 4.09. The Morgan fingerprint density at radius 1 is 1.11 bits per heavy atom. The van der Waals surface area contributed by atoms with Crippen LogP contribution < -0.4 is 4.74 Å². The van der Waals surface area contributed by atoms with Gasteiger partial charge in [-0.05, 0) is 23.8 Å². The molecule has 2 rings (SSSR count). The van der Waals surface area contributed by atoms with E-state index in [9.17, 15) is 8.42 Å². The van der Waals surface area contributed by atoms with E-state index in [0.717, 1.165) is 11.8 Å². The standard InChI is InChI=1S/C12H9Cl2NO3S/c13-10-3-1-9(2-4-10)8-18-12-6-5-11(7-15-12)19(14,16)17/h1-7H,8H2. The van der Waals surface area contributed by atoms with Gasteiger partial charge in [-0.1, -0.05) is 23.7 Å². The van der Waals surface area contributed by atoms with Crippen molar-refractivity contribution in [2.75, 3.05) is 0 Å². The molecule has 4 nitrogen and oxygen atoms in total. The van der Waals surface area contributed by atoms with E-state index in [1.54, 1.807) is 12.1 Å². The van der Waals surface area contributed by atoms with Gasteiger partial charge < -0.3 is 4.74 Å². The van der Waals surface area contributed by atoms with Crippen molar-refractivity contribution in [3.05, 3.63) is 53.2 Å². The summed E-state index contributed by atoms with van der Waals surface area (Å²) >= 11 is 5.77. The molecule has 19 heavy (non-hydrogen) atoms. The fourth-order valence-electron chi connectivity index (χ4n) is 1.33. The highest BCUT2D eigenvalue weighted by atomic mass is 35.7. The molecule has 0 aliphatic carbocycles. The van der Waals surface area contributed by atoms with Crippen LogP contribution >= 0.6 is 22.3 Å². The van der Waals surface area contributed by atoms with E-state index in [4.69, 9.17) is 27.0 Å². The fraction of sp³-hybridized carbons (Fsp3) is 0.0833. The Labute approximate surface area is 120 Å². The van der Waals surface area contributed by atoms with Gasteiger partial charge in [0.1, 0.15) is 11.5 Å². The lowest BCUT2D eigenvalue weighted by Crippen LogP contribution is -1.98. The largest absolute Gasteiger partial charge is 0.473 e. The zero-order chi connectivity index (χ0) is 13.9. The molecule has 1 heterocycles. The number of halogens is 2. The number of pyridine rings is 1. The number of hydrogen-bond donors (Lipinski definition) is 0. The summed E-state index contributed by atoms with van der Waals surface area (Å²) in [6, 6.07) is 9.98. The summed E-state index contributed by atoms with van der Waals surface area (Å²) in [5, 5.41) is 0.651. The molecule has 0 aliphatic rings. The van der Waals surface area contributed by atoms with Crippen LogP contribution in [0.25, 0.3) is 0 Å². The Balaban J connectivity index is 2.02. The molecule has 1 aromatic heterocycles. The van der Waals surface area contributed by atoms with Crippen molar-refractivity contribution in [1.29, 1.82) is 0 Å². The van der Waals surface area contributed by atoms with Crippen LogP contribution in [0.3, 0.4) is 0 Å². The van der Waals surface area contributed by atoms with Gasteiger partial charge in [0.15, 0.2) is 0 Å². The Morgan fingerprint density at radius 3 is 2.32 bits per heavy atom. The van der Waals surface area contributed by atoms with Crippen molar-refractivity contribution in [3.8, 4) is 5.88 Å². The lowest BCUT2D eigenvalue weighted by molar-refractivity contribution is 0.293. The van der Waals surface area contributed by atoms with Gasteiger partial charge in [0.2, 0.25) is 5.88 Å². The van der Waals surface area contributed by atoms with E-state index in [-0.39, 0.29) is 4.90 Å². The molecule has 0 amide bonds. The van der Waals surface area contributed by atoms with Gasteiger partial charge in [0.25, 0.3) is 9.05 Å². The molecule has 0 radical (unpaired) electrons. The third-order valence-corrected chi connectivity index (χ3v) is 3.88. The first kappa shape index (κ1) is 14.1. The van der Waals surface area contributed by atoms with Crippen molar-refractivity contribution in [2.24, 2.45) is 0 Å². The van der Waals surface area contributed by atoms with Gasteiger partial charge in [-0.3, -0.25) is 0 Å². The number of hydrogen-bond acceptors (Lipinski definition) is 4. The van der Waals surface area contributed by atoms with Crippen molar-refractivity contribution in [2.45, 2.75) is 11.5 Å². The van der Waals surface area contributed by atoms with Crippen LogP contribution in [-0.4, -0.2) is 13.4 Å². The maximum Gasteiger partial charge on any atom is 0.262 e. The Bertz CT molecular complexity index is 654. The van der Waals surface area contributed by atoms with E-state index in [0.29, 0.717) is 17.5 Å². The van der Waals surface area contributed by atoms with Crippen LogP contribution in [0.4, 0.5) is 0 Å². The number of nitrogens with zero attached hydrogens (tertiary/aromatic N) is 1. The first-order valence-corrected chi connectivity index (χ1v) is 7.92. The second-order valence-electron chi connectivity index (χ2n) is 3.69. The molecular formula is C12H9Cl2NO3S. The minimum Gasteiger partial charge on any atom is -0.473 e. The predicted octanol–water partition coefficient (Wildman–Crippen LogP) is 3.24. The molecule has 0 fully saturated rings. The molecule has 0 saturated heterocycles. The lowest BCUT2D eigenvalue weighted by atomic mass is 10.2. The van der Waals surface area contributed by atoms with Crippen LogP contribution in [0.1, 0.15) is 5.56 Å². The van der Waals surface area contributed by atoms with E-state index >= 15 is 0 Å². The lowest BCUT2D eigenvalue weighted by Gasteiger charge is -2.05. The summed E-state index contributed by atoms with van der Waals surface area (Å²) < 4.78 is 27.5. The summed E-state index contributed by atoms with van der Waals surface area (Å²) in [4.78, 5) is 3.80. The second-order valence-corrected chi connectivity index (χ2v) is 6.69. The van der Waals surface area contributed by atoms with Gasteiger partial charge in [0.05, 0.1) is 6.20 Å². The smallest absolute Gasteiger partial charge is 0.262 e. The summed E-state index contributed by atoms with van der Waals surface area (Å²) in [5.41, 5.74) is 0.931. The zero-order valence-corrected chi connectivity index (χ0v) is 11.9. The van der Waals surface area contributed by atoms with Gasteiger partial charge >= 0.3 is 0 Å². The highest BCUT2D eigenvalue weighted by Gasteiger charge is 2.10. The van der Waals surface area contributed by atoms with Crippen LogP contribution in [0.5, 0.6) is 5.88 Å². The fourth-order valence-corrected chi connectivity index (χ4v) is 2.14. The minimum absolute atomic E-state index is 0.0620. The monoisotopic (exact) mass is 317 g/mol. The van der Waals surface area contributed by atoms with Gasteiger partial charge in [-0.25, -0.2) is 13.4 Å². The highest BCUT2D eigenvalue weighted by Crippen LogP contribution is 2.17. The number of rotatable bonds is 4. The van der Waals surface area contributed by atoms with E-state index in [2.05, 4.69) is 4.98 Å². The molecule has 1 aromatic carbocycles. The molecule has 0 bridgehead atoms. The van der Waals surface area contributed by atoms with E-state index < -0.39 is 9.05 Å². The van der Waals surface area contributed by atoms with Gasteiger partial charge in [0, 0.05) is 21.8 Å². The minimum atomic E-state index is -3.75. The summed E-state index contributed by atoms with van der Waals surface area (Å²) in [6.45, 7) is 0.317. The molecule has 0 aliphatic heterocycles. The molecular weight excluding hydrogens is 309 g/mol. The second kappa shape index (κ2) is 5.77. The highest BCUT2D eigenvalue weighted by molar-refractivity contribution is 8.13. The van der Waals surface area contributed by atoms with Crippen LogP contribution in [0, 0.1) is 0 Å². The molecule has 2 aromatic rings. The molecule has 0 N–H and O–H groups in total. The SMILES string of the molecule is O=S(=O)(Cl)c1ccc(OCc2ccc(Cl)cc2)nc1.